The number of imidazole rings is 1. The number of fused-ring (bicyclic) bond motifs is 1. The summed E-state index contributed by atoms with van der Waals surface area (Å²) in [5.74, 6) is -2.37. The summed E-state index contributed by atoms with van der Waals surface area (Å²) >= 11 is 0. The Kier molecular flexibility index (Phi) is 7.79. The van der Waals surface area contributed by atoms with E-state index in [0.29, 0.717) is 43.0 Å². The lowest BCUT2D eigenvalue weighted by molar-refractivity contribution is -0.0337. The first-order chi connectivity index (χ1) is 18.4. The molecule has 3 aliphatic rings. The number of nitrogens with one attached hydrogen (secondary N) is 2. The van der Waals surface area contributed by atoms with Crippen LogP contribution >= 0.6 is 0 Å². The first-order valence-corrected chi connectivity index (χ1v) is 13.2. The van der Waals surface area contributed by atoms with Crippen molar-refractivity contribution in [2.45, 2.75) is 82.7 Å². The summed E-state index contributed by atoms with van der Waals surface area (Å²) in [5, 5.41) is 17.7. The van der Waals surface area contributed by atoms with Gasteiger partial charge in [-0.3, -0.25) is 4.79 Å². The Morgan fingerprint density at radius 2 is 1.97 bits per heavy atom. The molecular weight excluding hydrogens is 498 g/mol. The van der Waals surface area contributed by atoms with Crippen LogP contribution in [0.2, 0.25) is 0 Å². The zero-order chi connectivity index (χ0) is 26.5. The average Bonchev–Trinajstić information content (AvgIpc) is 3.53. The monoisotopic (exact) mass is 530 g/mol. The van der Waals surface area contributed by atoms with Crippen LogP contribution in [0, 0.1) is 0 Å². The zero-order valence-corrected chi connectivity index (χ0v) is 21.2. The van der Waals surface area contributed by atoms with E-state index in [1.807, 2.05) is 6.07 Å². The van der Waals surface area contributed by atoms with Gasteiger partial charge in [-0.1, -0.05) is 11.6 Å². The van der Waals surface area contributed by atoms with Gasteiger partial charge in [0.15, 0.2) is 11.3 Å². The van der Waals surface area contributed by atoms with Gasteiger partial charge in [-0.15, -0.1) is 0 Å². The van der Waals surface area contributed by atoms with Gasteiger partial charge < -0.3 is 15.5 Å². The van der Waals surface area contributed by atoms with Crippen molar-refractivity contribution in [2.75, 3.05) is 13.1 Å². The second-order valence-electron chi connectivity index (χ2n) is 10.1. The van der Waals surface area contributed by atoms with Crippen LogP contribution in [0.1, 0.15) is 91.1 Å². The number of carbonyl (C=O) groups excluding carboxylic acids is 2. The predicted octanol–water partition coefficient (Wildman–Crippen LogP) is 3.81. The van der Waals surface area contributed by atoms with Crippen LogP contribution in [0.3, 0.4) is 0 Å². The van der Waals surface area contributed by atoms with Crippen molar-refractivity contribution in [1.82, 2.24) is 40.4 Å². The van der Waals surface area contributed by atoms with Gasteiger partial charge in [-0.25, -0.2) is 27.7 Å². The van der Waals surface area contributed by atoms with E-state index in [4.69, 9.17) is 4.63 Å². The molecule has 0 radical (unpaired) electrons. The number of alkyl halides is 2. The van der Waals surface area contributed by atoms with Crippen LogP contribution in [-0.4, -0.2) is 60.8 Å². The van der Waals surface area contributed by atoms with Crippen LogP contribution in [-0.2, 0) is 13.1 Å². The van der Waals surface area contributed by atoms with Gasteiger partial charge in [-0.05, 0) is 55.3 Å². The number of urea groups is 1. The van der Waals surface area contributed by atoms with Crippen molar-refractivity contribution in [1.29, 1.82) is 0 Å². The van der Waals surface area contributed by atoms with Crippen LogP contribution in [0.15, 0.2) is 23.1 Å². The van der Waals surface area contributed by atoms with E-state index in [1.165, 1.54) is 0 Å². The van der Waals surface area contributed by atoms with Crippen molar-refractivity contribution in [2.24, 2.45) is 0 Å². The summed E-state index contributed by atoms with van der Waals surface area (Å²) in [5.41, 5.74) is 3.12. The molecule has 1 saturated heterocycles. The maximum atomic E-state index is 12.4. The number of nitrogens with zero attached hydrogens (tertiary/aromatic N) is 6. The molecule has 3 aromatic rings. The zero-order valence-electron chi connectivity index (χ0n) is 21.2. The lowest BCUT2D eigenvalue weighted by atomic mass is 9.97. The number of halogens is 2. The lowest BCUT2D eigenvalue weighted by Crippen LogP contribution is -2.37. The fourth-order valence-electron chi connectivity index (χ4n) is 4.65. The van der Waals surface area contributed by atoms with E-state index in [9.17, 15) is 18.4 Å². The van der Waals surface area contributed by atoms with Crippen molar-refractivity contribution >= 4 is 17.6 Å². The molecule has 2 saturated carbocycles. The molecule has 0 unspecified atom stereocenters. The molecule has 0 atom stereocenters. The number of hydrogen-bond acceptors (Lipinski definition) is 7. The molecule has 204 valence electrons. The largest absolute Gasteiger partial charge is 0.345 e. The quantitative estimate of drug-likeness (QED) is 0.496. The van der Waals surface area contributed by atoms with Gasteiger partial charge in [0.1, 0.15) is 5.69 Å². The molecule has 3 fully saturated rings. The Morgan fingerprint density at radius 3 is 2.71 bits per heavy atom. The van der Waals surface area contributed by atoms with Gasteiger partial charge in [0.2, 0.25) is 5.92 Å². The third-order valence-electron chi connectivity index (χ3n) is 6.93. The second-order valence-corrected chi connectivity index (χ2v) is 10.1. The lowest BCUT2D eigenvalue weighted by Gasteiger charge is -2.20. The number of carbonyl (C=O) groups is 2. The fourth-order valence-corrected chi connectivity index (χ4v) is 4.65. The molecule has 0 aromatic carbocycles. The Balaban J connectivity index is 0.000000316. The van der Waals surface area contributed by atoms with Crippen LogP contribution in [0.5, 0.6) is 0 Å². The molecule has 2 aliphatic carbocycles. The van der Waals surface area contributed by atoms with E-state index < -0.39 is 5.92 Å². The molecule has 11 nitrogen and oxygen atoms in total. The Bertz CT molecular complexity index is 1260. The van der Waals surface area contributed by atoms with Crippen LogP contribution in [0.4, 0.5) is 13.6 Å². The third kappa shape index (κ3) is 6.62. The van der Waals surface area contributed by atoms with Gasteiger partial charge in [-0.2, -0.15) is 5.10 Å². The van der Waals surface area contributed by atoms with E-state index in [0.717, 1.165) is 44.2 Å². The van der Waals surface area contributed by atoms with Crippen LogP contribution < -0.4 is 10.6 Å². The minimum atomic E-state index is -2.32. The average molecular weight is 531 g/mol. The molecule has 13 heteroatoms. The molecule has 3 amide bonds. The summed E-state index contributed by atoms with van der Waals surface area (Å²) in [7, 11) is 0. The van der Waals surface area contributed by atoms with Gasteiger partial charge in [0.25, 0.3) is 5.91 Å². The summed E-state index contributed by atoms with van der Waals surface area (Å²) in [6.45, 7) is 2.16. The van der Waals surface area contributed by atoms with Crippen LogP contribution in [0.25, 0.3) is 5.65 Å². The van der Waals surface area contributed by atoms with Crippen molar-refractivity contribution < 1.29 is 23.0 Å². The minimum absolute atomic E-state index is 0.0490. The standard InChI is InChI=1S/C19H22N8O3.C6H10F2/c28-18(17-16(13-3-4-13)24-30-25-17)21-9-14-11-27-15(23-14)7-12(8-22-27)10-26-6-2-1-5-20-19(26)29;7-6(8)4-2-1-3-5-6/h7-8,11,13H,1-6,9-10H2,(H,20,29)(H,21,28);1-5H2. The molecule has 2 N–H and O–H groups in total. The summed E-state index contributed by atoms with van der Waals surface area (Å²) in [6, 6.07) is 1.86. The summed E-state index contributed by atoms with van der Waals surface area (Å²) < 4.78 is 30.8. The third-order valence-corrected chi connectivity index (χ3v) is 6.93. The molecule has 0 spiro atoms. The highest BCUT2D eigenvalue weighted by Gasteiger charge is 2.33. The maximum absolute atomic E-state index is 12.4. The Hall–Kier alpha value is -3.64. The van der Waals surface area contributed by atoms with E-state index in [2.05, 4.69) is 31.0 Å². The number of rotatable bonds is 6. The molecule has 6 rings (SSSR count). The summed E-state index contributed by atoms with van der Waals surface area (Å²) in [6.07, 6.45) is 10.1. The second kappa shape index (κ2) is 11.4. The first-order valence-electron chi connectivity index (χ1n) is 13.2. The molecule has 1 aliphatic heterocycles. The van der Waals surface area contributed by atoms with E-state index in [1.54, 1.807) is 21.8 Å². The van der Waals surface area contributed by atoms with Gasteiger partial charge in [0, 0.05) is 38.4 Å². The summed E-state index contributed by atoms with van der Waals surface area (Å²) in [4.78, 5) is 30.9. The molecule has 0 bridgehead atoms. The smallest absolute Gasteiger partial charge is 0.317 e. The highest BCUT2D eigenvalue weighted by molar-refractivity contribution is 5.93. The first kappa shape index (κ1) is 26.0. The van der Waals surface area contributed by atoms with Crippen molar-refractivity contribution in [3.05, 3.63) is 41.1 Å². The highest BCUT2D eigenvalue weighted by Crippen LogP contribution is 2.40. The predicted molar refractivity (Wildman–Crippen MR) is 132 cm³/mol. The minimum Gasteiger partial charge on any atom is -0.345 e. The van der Waals surface area contributed by atoms with Gasteiger partial charge >= 0.3 is 6.03 Å². The molecule has 3 aromatic heterocycles. The highest BCUT2D eigenvalue weighted by atomic mass is 19.3. The van der Waals surface area contributed by atoms with Crippen molar-refractivity contribution in [3.8, 4) is 0 Å². The SMILES string of the molecule is FC1(F)CCCCC1.O=C(NCc1cn2ncc(CN3CCCCNC3=O)cc2n1)c1nonc1C1CC1. The van der Waals surface area contributed by atoms with E-state index >= 15 is 0 Å². The number of hydrogen-bond donors (Lipinski definition) is 2. The normalized spacial score (nSPS) is 19.3. The molecule has 4 heterocycles. The number of aromatic nitrogens is 5. The maximum Gasteiger partial charge on any atom is 0.317 e. The molecule has 38 heavy (non-hydrogen) atoms. The molecular formula is C25H32F2N8O3. The Labute approximate surface area is 218 Å². The van der Waals surface area contributed by atoms with Crippen molar-refractivity contribution in [3.63, 3.8) is 0 Å². The Morgan fingerprint density at radius 1 is 1.16 bits per heavy atom. The number of amides is 3. The van der Waals surface area contributed by atoms with Gasteiger partial charge in [0.05, 0.1) is 24.6 Å². The van der Waals surface area contributed by atoms with E-state index in [-0.39, 0.29) is 42.9 Å². The fraction of sp³-hybridized carbons (Fsp3) is 0.600. The topological polar surface area (TPSA) is 131 Å².